The van der Waals surface area contributed by atoms with E-state index < -0.39 is 38.6 Å². The van der Waals surface area contributed by atoms with Gasteiger partial charge in [0, 0.05) is 12.8 Å². The third kappa shape index (κ3) is 42.9. The Morgan fingerprint density at radius 2 is 1.13 bits per heavy atom. The second-order valence-corrected chi connectivity index (χ2v) is 16.6. The molecule has 0 radical (unpaired) electrons. The van der Waals surface area contributed by atoms with E-state index >= 15 is 0 Å². The smallest absolute Gasteiger partial charge is 0.462 e. The predicted molar refractivity (Wildman–Crippen MR) is 227 cm³/mol. The molecule has 0 fully saturated rings. The first kappa shape index (κ1) is 53.0. The topological polar surface area (TPSA) is 140 Å². The summed E-state index contributed by atoms with van der Waals surface area (Å²) in [6.07, 6.45) is 42.9. The Morgan fingerprint density at radius 3 is 1.69 bits per heavy atom. The summed E-state index contributed by atoms with van der Waals surface area (Å²) < 4.78 is 26.3. The molecule has 10 heteroatoms. The van der Waals surface area contributed by atoms with E-state index in [2.05, 4.69) is 49.6 Å². The average Bonchev–Trinajstić information content (AvgIpc) is 3.13. The van der Waals surface area contributed by atoms with Gasteiger partial charge in [-0.1, -0.05) is 185 Å². The quantitative estimate of drug-likeness (QED) is 0.0182. The molecule has 0 saturated carbocycles. The van der Waals surface area contributed by atoms with E-state index in [1.54, 1.807) is 12.2 Å². The summed E-state index contributed by atoms with van der Waals surface area (Å²) in [5.41, 5.74) is 0. The molecule has 0 aromatic rings. The van der Waals surface area contributed by atoms with Crippen LogP contribution in [-0.2, 0) is 28.2 Å². The standard InChI is InChI=1S/C45H81O9P/c1-4-5-6-7-8-9-10-15-19-22-25-28-31-35-42(46)36-33-38-45(48)54-43(40-53-55(49,50)51)39-52-44(47)37-32-29-26-23-20-17-14-12-11-13-16-18-21-24-27-30-34-41(2)3/h8-9,15,19,25,28,31,35,41-43,46H,4-7,10-14,16-18,20-24,26-27,29-30,32-34,36-40H2,1-3H3,(H2,49,50,51)/b9-8-,19-15-,28-25-,35-31+/t42-,43+/m0/s1. The first-order valence-corrected chi connectivity index (χ1v) is 23.4. The summed E-state index contributed by atoms with van der Waals surface area (Å²) in [4.78, 5) is 42.9. The number of allylic oxidation sites excluding steroid dienone is 7. The first-order valence-electron chi connectivity index (χ1n) is 21.9. The van der Waals surface area contributed by atoms with Crippen LogP contribution in [0, 0.1) is 5.92 Å². The normalized spacial score (nSPS) is 13.6. The van der Waals surface area contributed by atoms with Gasteiger partial charge < -0.3 is 24.4 Å². The molecule has 0 aromatic heterocycles. The lowest BCUT2D eigenvalue weighted by Crippen LogP contribution is -2.29. The van der Waals surface area contributed by atoms with Crippen LogP contribution < -0.4 is 0 Å². The molecule has 0 unspecified atom stereocenters. The predicted octanol–water partition coefficient (Wildman–Crippen LogP) is 12.3. The lowest BCUT2D eigenvalue weighted by molar-refractivity contribution is -0.161. The largest absolute Gasteiger partial charge is 0.469 e. The van der Waals surface area contributed by atoms with E-state index in [0.717, 1.165) is 44.4 Å². The van der Waals surface area contributed by atoms with Crippen LogP contribution in [0.3, 0.4) is 0 Å². The highest BCUT2D eigenvalue weighted by atomic mass is 31.2. The van der Waals surface area contributed by atoms with Crippen molar-refractivity contribution in [1.82, 2.24) is 0 Å². The molecule has 0 saturated heterocycles. The monoisotopic (exact) mass is 797 g/mol. The number of carbonyl (C=O) groups excluding carboxylic acids is 2. The summed E-state index contributed by atoms with van der Waals surface area (Å²) >= 11 is 0. The van der Waals surface area contributed by atoms with E-state index in [1.165, 1.54) is 103 Å². The number of phosphoric acid groups is 1. The summed E-state index contributed by atoms with van der Waals surface area (Å²) in [6.45, 7) is 5.85. The average molecular weight is 797 g/mol. The lowest BCUT2D eigenvalue weighted by atomic mass is 10.0. The number of ether oxygens (including phenoxy) is 2. The fourth-order valence-electron chi connectivity index (χ4n) is 6.07. The van der Waals surface area contributed by atoms with Gasteiger partial charge in [0.15, 0.2) is 6.10 Å². The SMILES string of the molecule is CCCCC/C=C\C/C=C\C/C=C\C=C\[C@H](O)CCCC(=O)O[C@H](COC(=O)CCCCCCCCCCCCCCCCCCC(C)C)COP(=O)(O)O. The van der Waals surface area contributed by atoms with Crippen LogP contribution in [0.5, 0.6) is 0 Å². The molecular weight excluding hydrogens is 715 g/mol. The van der Waals surface area contributed by atoms with Gasteiger partial charge in [0.1, 0.15) is 6.61 Å². The van der Waals surface area contributed by atoms with Crippen molar-refractivity contribution in [1.29, 1.82) is 0 Å². The maximum absolute atomic E-state index is 12.4. The second-order valence-electron chi connectivity index (χ2n) is 15.4. The molecule has 0 aromatic carbocycles. The summed E-state index contributed by atoms with van der Waals surface area (Å²) in [6, 6.07) is 0. The zero-order valence-corrected chi connectivity index (χ0v) is 36.0. The van der Waals surface area contributed by atoms with Crippen molar-refractivity contribution in [3.05, 3.63) is 48.6 Å². The number of hydrogen-bond acceptors (Lipinski definition) is 7. The van der Waals surface area contributed by atoms with Crippen molar-refractivity contribution in [3.63, 3.8) is 0 Å². The molecule has 0 bridgehead atoms. The first-order chi connectivity index (χ1) is 26.5. The van der Waals surface area contributed by atoms with Crippen LogP contribution in [0.2, 0.25) is 0 Å². The molecule has 2 atom stereocenters. The van der Waals surface area contributed by atoms with E-state index in [0.29, 0.717) is 19.3 Å². The minimum Gasteiger partial charge on any atom is -0.462 e. The fourth-order valence-corrected chi connectivity index (χ4v) is 6.43. The van der Waals surface area contributed by atoms with Crippen molar-refractivity contribution in [2.24, 2.45) is 5.92 Å². The van der Waals surface area contributed by atoms with E-state index in [1.807, 2.05) is 12.2 Å². The molecule has 3 N–H and O–H groups in total. The van der Waals surface area contributed by atoms with Crippen LogP contribution in [0.25, 0.3) is 0 Å². The summed E-state index contributed by atoms with van der Waals surface area (Å²) in [7, 11) is -4.81. The Kier molecular flexibility index (Phi) is 37.4. The van der Waals surface area contributed by atoms with Crippen LogP contribution in [-0.4, -0.2) is 52.3 Å². The molecule has 0 heterocycles. The highest BCUT2D eigenvalue weighted by Crippen LogP contribution is 2.36. The van der Waals surface area contributed by atoms with Gasteiger partial charge in [-0.15, -0.1) is 0 Å². The summed E-state index contributed by atoms with van der Waals surface area (Å²) in [5, 5.41) is 10.2. The van der Waals surface area contributed by atoms with Gasteiger partial charge in [0.25, 0.3) is 0 Å². The maximum atomic E-state index is 12.4. The molecule has 0 aliphatic carbocycles. The Bertz CT molecular complexity index is 1060. The van der Waals surface area contributed by atoms with Crippen molar-refractivity contribution < 1.29 is 43.0 Å². The molecule has 0 rings (SSSR count). The molecule has 0 spiro atoms. The van der Waals surface area contributed by atoms with Gasteiger partial charge in [0.2, 0.25) is 0 Å². The minimum atomic E-state index is -4.81. The van der Waals surface area contributed by atoms with Crippen molar-refractivity contribution >= 4 is 19.8 Å². The van der Waals surface area contributed by atoms with Crippen LogP contribution >= 0.6 is 7.82 Å². The number of rotatable bonds is 39. The van der Waals surface area contributed by atoms with E-state index in [-0.39, 0.29) is 19.4 Å². The van der Waals surface area contributed by atoms with Crippen molar-refractivity contribution in [2.75, 3.05) is 13.2 Å². The number of esters is 2. The Hall–Kier alpha value is -2.03. The molecule has 0 aliphatic rings. The zero-order chi connectivity index (χ0) is 40.7. The number of aliphatic hydroxyl groups excluding tert-OH is 1. The van der Waals surface area contributed by atoms with Gasteiger partial charge in [-0.2, -0.15) is 0 Å². The van der Waals surface area contributed by atoms with Gasteiger partial charge in [-0.05, 0) is 50.9 Å². The third-order valence-electron chi connectivity index (χ3n) is 9.38. The van der Waals surface area contributed by atoms with E-state index in [4.69, 9.17) is 19.3 Å². The van der Waals surface area contributed by atoms with Crippen LogP contribution in [0.1, 0.15) is 194 Å². The number of aliphatic hydroxyl groups is 1. The van der Waals surface area contributed by atoms with Gasteiger partial charge >= 0.3 is 19.8 Å². The molecule has 9 nitrogen and oxygen atoms in total. The van der Waals surface area contributed by atoms with Crippen LogP contribution in [0.4, 0.5) is 0 Å². The molecule has 0 amide bonds. The van der Waals surface area contributed by atoms with Crippen molar-refractivity contribution in [3.8, 4) is 0 Å². The van der Waals surface area contributed by atoms with E-state index in [9.17, 15) is 19.3 Å². The lowest BCUT2D eigenvalue weighted by Gasteiger charge is -2.18. The van der Waals surface area contributed by atoms with Crippen molar-refractivity contribution in [2.45, 2.75) is 206 Å². The fraction of sp³-hybridized carbons (Fsp3) is 0.778. The Morgan fingerprint density at radius 1 is 0.600 bits per heavy atom. The number of carbonyl (C=O) groups is 2. The summed E-state index contributed by atoms with van der Waals surface area (Å²) in [5.74, 6) is -0.248. The zero-order valence-electron chi connectivity index (χ0n) is 35.1. The molecule has 55 heavy (non-hydrogen) atoms. The van der Waals surface area contributed by atoms with Gasteiger partial charge in [0.05, 0.1) is 12.7 Å². The number of phosphoric ester groups is 1. The number of hydrogen-bond donors (Lipinski definition) is 3. The van der Waals surface area contributed by atoms with Crippen LogP contribution in [0.15, 0.2) is 48.6 Å². The highest BCUT2D eigenvalue weighted by molar-refractivity contribution is 7.46. The highest BCUT2D eigenvalue weighted by Gasteiger charge is 2.23. The van der Waals surface area contributed by atoms with Gasteiger partial charge in [-0.25, -0.2) is 4.57 Å². The third-order valence-corrected chi connectivity index (χ3v) is 9.87. The Labute approximate surface area is 336 Å². The Balaban J connectivity index is 4.06. The maximum Gasteiger partial charge on any atom is 0.469 e. The minimum absolute atomic E-state index is 0.0161. The van der Waals surface area contributed by atoms with Gasteiger partial charge in [-0.3, -0.25) is 14.1 Å². The molecule has 320 valence electrons. The molecular formula is C45H81O9P. The second kappa shape index (κ2) is 38.8. The number of unbranched alkanes of at least 4 members (excludes halogenated alkanes) is 18. The molecule has 0 aliphatic heterocycles.